The van der Waals surface area contributed by atoms with Gasteiger partial charge in [-0.25, -0.2) is 9.97 Å². The summed E-state index contributed by atoms with van der Waals surface area (Å²) in [5.41, 5.74) is 4.44. The molecular weight excluding hydrogens is 1070 g/mol. The molecule has 337 valence electrons. The fraction of sp³-hybridized carbons (Fsp3) is 0. The van der Waals surface area contributed by atoms with Crippen molar-refractivity contribution in [3.8, 4) is 21.1 Å². The number of carboxylic acids is 4. The molecule has 0 unspecified atom stereocenters. The first-order chi connectivity index (χ1) is 32.1. The summed E-state index contributed by atoms with van der Waals surface area (Å²) >= 11 is 3.48. The number of fused-ring (bicyclic) bond motifs is 2. The normalized spacial score (nSPS) is 9.55. The summed E-state index contributed by atoms with van der Waals surface area (Å²) in [5.74, 6) is -4.96. The van der Waals surface area contributed by atoms with Gasteiger partial charge in [0.05, 0.1) is 67.1 Å². The molecule has 0 atom stereocenters. The summed E-state index contributed by atoms with van der Waals surface area (Å²) in [6.07, 6.45) is 5.63. The Bertz CT molecular complexity index is 2670. The molecule has 0 bridgehead atoms. The van der Waals surface area contributed by atoms with Crippen molar-refractivity contribution in [2.45, 2.75) is 0 Å². The second-order valence-electron chi connectivity index (χ2n) is 12.7. The predicted octanol–water partition coefficient (Wildman–Crippen LogP) is 5.70. The topological polar surface area (TPSA) is 238 Å². The van der Waals surface area contributed by atoms with E-state index < -0.39 is 23.9 Å². The molecule has 14 nitrogen and oxygen atoms in total. The zero-order valence-corrected chi connectivity index (χ0v) is 38.8. The SMILES string of the molecule is O=C([O-])c1ccccn1.O=C([O-])c1ccccn1.O=C([O-])c1ccccn1.O=C([O-])c1ccccn1.[Ir].c1ccc(-c2nc3ccccc3s2)cc1.c1ccc(-c2nc3ccccc3s2)cc1. The molecule has 0 spiro atoms. The van der Waals surface area contributed by atoms with Gasteiger partial charge in [0.2, 0.25) is 0 Å². The van der Waals surface area contributed by atoms with E-state index in [0.717, 1.165) is 21.0 Å². The molecule has 0 saturated heterocycles. The minimum absolute atomic E-state index is 0. The molecule has 0 aliphatic rings. The zero-order chi connectivity index (χ0) is 46.9. The Hall–Kier alpha value is -8.21. The molecule has 6 heterocycles. The first-order valence-electron chi connectivity index (χ1n) is 19.4. The fourth-order valence-corrected chi connectivity index (χ4v) is 7.03. The van der Waals surface area contributed by atoms with Gasteiger partial charge in [-0.05, 0) is 72.8 Å². The maximum Gasteiger partial charge on any atom is 0.124 e. The van der Waals surface area contributed by atoms with Gasteiger partial charge in [0, 0.05) is 56.0 Å². The molecule has 1 radical (unpaired) electrons. The maximum absolute atomic E-state index is 10.0. The van der Waals surface area contributed by atoms with E-state index in [-0.39, 0.29) is 42.9 Å². The number of carbonyl (C=O) groups excluding carboxylic acids is 4. The van der Waals surface area contributed by atoms with Gasteiger partial charge in [0.25, 0.3) is 0 Å². The van der Waals surface area contributed by atoms with E-state index in [2.05, 4.69) is 90.6 Å². The third kappa shape index (κ3) is 17.4. The number of aromatic nitrogens is 6. The number of para-hydroxylation sites is 2. The molecule has 0 saturated carbocycles. The summed E-state index contributed by atoms with van der Waals surface area (Å²) in [5, 5.41) is 42.3. The van der Waals surface area contributed by atoms with Crippen LogP contribution in [0.5, 0.6) is 0 Å². The van der Waals surface area contributed by atoms with Crippen LogP contribution in [0.3, 0.4) is 0 Å². The Labute approximate surface area is 405 Å². The number of aromatic carboxylic acids is 4. The van der Waals surface area contributed by atoms with Gasteiger partial charge in [0.1, 0.15) is 10.0 Å². The maximum atomic E-state index is 10.0. The largest absolute Gasteiger partial charge is 0.543 e. The number of benzene rings is 4. The second kappa shape index (κ2) is 27.9. The third-order valence-corrected chi connectivity index (χ3v) is 10.3. The van der Waals surface area contributed by atoms with Crippen LogP contribution in [-0.2, 0) is 20.1 Å². The van der Waals surface area contributed by atoms with E-state index in [1.165, 1.54) is 69.6 Å². The van der Waals surface area contributed by atoms with Crippen LogP contribution in [0.15, 0.2) is 207 Å². The Morgan fingerprint density at radius 1 is 0.328 bits per heavy atom. The molecule has 0 amide bonds. The summed E-state index contributed by atoms with van der Waals surface area (Å²) in [4.78, 5) is 63.4. The third-order valence-electron chi connectivity index (χ3n) is 8.13. The Balaban J connectivity index is 0.000000178. The molecule has 10 aromatic rings. The van der Waals surface area contributed by atoms with Gasteiger partial charge in [0.15, 0.2) is 0 Å². The van der Waals surface area contributed by atoms with Crippen molar-refractivity contribution in [2.75, 3.05) is 0 Å². The average molecular weight is 1100 g/mol. The van der Waals surface area contributed by atoms with Crippen LogP contribution in [0, 0.1) is 0 Å². The van der Waals surface area contributed by atoms with E-state index in [1.54, 1.807) is 71.2 Å². The molecule has 0 fully saturated rings. The van der Waals surface area contributed by atoms with E-state index in [9.17, 15) is 39.6 Å². The minimum Gasteiger partial charge on any atom is -0.543 e. The Morgan fingerprint density at radius 3 is 0.806 bits per heavy atom. The molecule has 6 aromatic heterocycles. The number of carboxylic acid groups (broad SMARTS) is 4. The van der Waals surface area contributed by atoms with Crippen molar-refractivity contribution in [1.29, 1.82) is 0 Å². The van der Waals surface area contributed by atoms with Crippen LogP contribution in [-0.4, -0.2) is 53.8 Å². The van der Waals surface area contributed by atoms with Crippen LogP contribution >= 0.6 is 22.7 Å². The predicted molar refractivity (Wildman–Crippen MR) is 244 cm³/mol. The quantitative estimate of drug-likeness (QED) is 0.194. The summed E-state index contributed by atoms with van der Waals surface area (Å²) in [7, 11) is 0. The zero-order valence-electron chi connectivity index (χ0n) is 34.7. The summed E-state index contributed by atoms with van der Waals surface area (Å²) < 4.78 is 2.49. The second-order valence-corrected chi connectivity index (χ2v) is 14.8. The molecule has 0 aliphatic carbocycles. The van der Waals surface area contributed by atoms with E-state index >= 15 is 0 Å². The van der Waals surface area contributed by atoms with Gasteiger partial charge in [-0.1, -0.05) is 109 Å². The molecule has 0 N–H and O–H groups in total. The summed E-state index contributed by atoms with van der Waals surface area (Å²) in [6.45, 7) is 0. The first kappa shape index (κ1) is 51.4. The average Bonchev–Trinajstić information content (AvgIpc) is 4.02. The number of thiazole rings is 2. The van der Waals surface area contributed by atoms with Crippen molar-refractivity contribution in [3.05, 3.63) is 230 Å². The van der Waals surface area contributed by atoms with Crippen LogP contribution in [0.4, 0.5) is 0 Å². The van der Waals surface area contributed by atoms with E-state index in [0.29, 0.717) is 0 Å². The monoisotopic (exact) mass is 1100 g/mol. The smallest absolute Gasteiger partial charge is 0.124 e. The number of hydrogen-bond acceptors (Lipinski definition) is 16. The van der Waals surface area contributed by atoms with Crippen molar-refractivity contribution >= 4 is 67.0 Å². The van der Waals surface area contributed by atoms with Crippen LogP contribution in [0.1, 0.15) is 42.0 Å². The molecule has 0 aliphatic heterocycles. The van der Waals surface area contributed by atoms with Crippen molar-refractivity contribution in [2.24, 2.45) is 0 Å². The van der Waals surface area contributed by atoms with Crippen LogP contribution < -0.4 is 20.4 Å². The molecule has 4 aromatic carbocycles. The number of hydrogen-bond donors (Lipinski definition) is 0. The van der Waals surface area contributed by atoms with Gasteiger partial charge in [-0.2, -0.15) is 0 Å². The Morgan fingerprint density at radius 2 is 0.582 bits per heavy atom. The van der Waals surface area contributed by atoms with Gasteiger partial charge >= 0.3 is 0 Å². The van der Waals surface area contributed by atoms with Crippen molar-refractivity contribution in [3.63, 3.8) is 0 Å². The number of pyridine rings is 4. The molecule has 10 rings (SSSR count). The standard InChI is InChI=1S/2C13H9NS.4C6H5NO2.Ir/c2*1-2-6-10(7-3-1)13-14-11-8-4-5-9-12(11)15-13;4*8-6(9)5-3-1-2-4-7-5;/h2*1-9H;4*1-4H,(H,8,9);/p-4. The summed E-state index contributed by atoms with van der Waals surface area (Å²) in [6, 6.07) is 55.6. The van der Waals surface area contributed by atoms with Crippen LogP contribution in [0.2, 0.25) is 0 Å². The van der Waals surface area contributed by atoms with Crippen molar-refractivity contribution in [1.82, 2.24) is 29.9 Å². The minimum atomic E-state index is -1.24. The molecular formula is C50H34IrN6O8S2-4. The first-order valence-corrected chi connectivity index (χ1v) is 21.0. The number of carbonyl (C=O) groups is 4. The van der Waals surface area contributed by atoms with Gasteiger partial charge < -0.3 is 39.6 Å². The van der Waals surface area contributed by atoms with E-state index in [4.69, 9.17) is 0 Å². The van der Waals surface area contributed by atoms with Crippen LogP contribution in [0.25, 0.3) is 41.6 Å². The molecule has 17 heteroatoms. The van der Waals surface area contributed by atoms with Crippen molar-refractivity contribution < 1.29 is 59.7 Å². The fourth-order valence-electron chi connectivity index (χ4n) is 5.09. The Kier molecular flexibility index (Phi) is 21.4. The number of rotatable bonds is 6. The van der Waals surface area contributed by atoms with E-state index in [1.807, 2.05) is 48.5 Å². The van der Waals surface area contributed by atoms with Gasteiger partial charge in [-0.3, -0.25) is 19.9 Å². The van der Waals surface area contributed by atoms with Gasteiger partial charge in [-0.15, -0.1) is 22.7 Å². The molecule has 67 heavy (non-hydrogen) atoms. The number of nitrogens with zero attached hydrogens (tertiary/aromatic N) is 6.